The number of hydrogen-bond acceptors (Lipinski definition) is 3. The van der Waals surface area contributed by atoms with Gasteiger partial charge in [0.05, 0.1) is 0 Å². The largest absolute Gasteiger partial charge is 0.305 e. The van der Waals surface area contributed by atoms with Gasteiger partial charge in [-0.1, -0.05) is 15.9 Å². The van der Waals surface area contributed by atoms with Crippen LogP contribution in [0.3, 0.4) is 0 Å². The number of likely N-dealkylation sites (N-methyl/N-ethyl adjacent to an activating group) is 1. The summed E-state index contributed by atoms with van der Waals surface area (Å²) in [5.74, 6) is 0. The van der Waals surface area contributed by atoms with E-state index in [-0.39, 0.29) is 4.66 Å². The molecule has 6 heteroatoms. The summed E-state index contributed by atoms with van der Waals surface area (Å²) < 4.78 is 24.5. The van der Waals surface area contributed by atoms with E-state index in [0.717, 1.165) is 19.5 Å². The van der Waals surface area contributed by atoms with Crippen LogP contribution in [-0.4, -0.2) is 55.5 Å². The molecule has 4 nitrogen and oxygen atoms in total. The predicted octanol–water partition coefficient (Wildman–Crippen LogP) is 0.306. The van der Waals surface area contributed by atoms with Gasteiger partial charge in [-0.25, -0.2) is 8.42 Å². The molecule has 0 spiro atoms. The maximum absolute atomic E-state index is 11.5. The lowest BCUT2D eigenvalue weighted by molar-refractivity contribution is 0.347. The van der Waals surface area contributed by atoms with Crippen LogP contribution in [0.25, 0.3) is 0 Å². The van der Waals surface area contributed by atoms with E-state index in [2.05, 4.69) is 20.8 Å². The molecule has 0 radical (unpaired) electrons. The number of rotatable bonds is 2. The highest BCUT2D eigenvalue weighted by atomic mass is 79.9. The molecule has 0 amide bonds. The van der Waals surface area contributed by atoms with Crippen LogP contribution < -0.4 is 0 Å². The minimum Gasteiger partial charge on any atom is -0.305 e. The molecule has 1 fully saturated rings. The van der Waals surface area contributed by atoms with E-state index in [1.54, 1.807) is 4.31 Å². The van der Waals surface area contributed by atoms with Gasteiger partial charge in [-0.15, -0.1) is 0 Å². The van der Waals surface area contributed by atoms with Crippen LogP contribution in [0.1, 0.15) is 6.42 Å². The molecule has 0 aromatic heterocycles. The first-order valence-corrected chi connectivity index (χ1v) is 7.01. The zero-order valence-corrected chi connectivity index (χ0v) is 10.1. The van der Waals surface area contributed by atoms with Gasteiger partial charge in [-0.3, -0.25) is 0 Å². The Balaban J connectivity index is 2.61. The van der Waals surface area contributed by atoms with Gasteiger partial charge in [0.1, 0.15) is 4.66 Å². The number of hydrogen-bond donors (Lipinski definition) is 0. The van der Waals surface area contributed by atoms with Crippen LogP contribution in [0.15, 0.2) is 0 Å². The fourth-order valence-electron chi connectivity index (χ4n) is 1.37. The van der Waals surface area contributed by atoms with Crippen LogP contribution in [0.4, 0.5) is 0 Å². The third kappa shape index (κ3) is 3.19. The molecule has 1 rings (SSSR count). The van der Waals surface area contributed by atoms with E-state index >= 15 is 0 Å². The minimum absolute atomic E-state index is 0.0315. The average molecular weight is 271 g/mol. The van der Waals surface area contributed by atoms with Gasteiger partial charge in [0.25, 0.3) is 0 Å². The summed E-state index contributed by atoms with van der Waals surface area (Å²) >= 11 is 3.00. The van der Waals surface area contributed by atoms with Crippen LogP contribution in [0.5, 0.6) is 0 Å². The van der Waals surface area contributed by atoms with Crippen molar-refractivity contribution in [3.63, 3.8) is 0 Å². The smallest absolute Gasteiger partial charge is 0.224 e. The van der Waals surface area contributed by atoms with E-state index in [4.69, 9.17) is 0 Å². The summed E-state index contributed by atoms with van der Waals surface area (Å²) in [4.78, 5) is 2.16. The van der Waals surface area contributed by atoms with Gasteiger partial charge in [0.2, 0.25) is 10.0 Å². The van der Waals surface area contributed by atoms with E-state index in [9.17, 15) is 8.42 Å². The maximum Gasteiger partial charge on any atom is 0.224 e. The fourth-order valence-corrected chi connectivity index (χ4v) is 3.14. The Bertz CT molecular complexity index is 255. The number of alkyl halides is 1. The summed E-state index contributed by atoms with van der Waals surface area (Å²) in [6.45, 7) is 3.07. The van der Waals surface area contributed by atoms with Crippen molar-refractivity contribution in [2.24, 2.45) is 0 Å². The lowest BCUT2D eigenvalue weighted by Crippen LogP contribution is -2.34. The zero-order chi connectivity index (χ0) is 9.90. The minimum atomic E-state index is -3.04. The molecule has 0 unspecified atom stereocenters. The van der Waals surface area contributed by atoms with Gasteiger partial charge < -0.3 is 4.90 Å². The van der Waals surface area contributed by atoms with Crippen molar-refractivity contribution in [3.8, 4) is 0 Å². The highest BCUT2D eigenvalue weighted by molar-refractivity contribution is 9.10. The van der Waals surface area contributed by atoms with Gasteiger partial charge in [0.15, 0.2) is 0 Å². The van der Waals surface area contributed by atoms with Crippen LogP contribution >= 0.6 is 15.9 Å². The van der Waals surface area contributed by atoms with E-state index in [1.165, 1.54) is 0 Å². The Morgan fingerprint density at radius 3 is 2.54 bits per heavy atom. The van der Waals surface area contributed by atoms with Crippen LogP contribution in [-0.2, 0) is 10.0 Å². The molecule has 13 heavy (non-hydrogen) atoms. The average Bonchev–Trinajstić information content (AvgIpc) is 2.30. The van der Waals surface area contributed by atoms with Crippen molar-refractivity contribution in [1.29, 1.82) is 0 Å². The molecule has 1 aliphatic heterocycles. The molecule has 1 saturated heterocycles. The third-order valence-electron chi connectivity index (χ3n) is 2.21. The standard InChI is InChI=1S/C7H15BrN2O2S/c1-9-3-2-4-10(6-5-9)13(11,12)7-8/h2-7H2,1H3. The Morgan fingerprint density at radius 1 is 1.23 bits per heavy atom. The van der Waals surface area contributed by atoms with Crippen molar-refractivity contribution in [2.75, 3.05) is 37.9 Å². The van der Waals surface area contributed by atoms with Gasteiger partial charge >= 0.3 is 0 Å². The summed E-state index contributed by atoms with van der Waals surface area (Å²) in [7, 11) is -1.03. The molecule has 0 aromatic rings. The topological polar surface area (TPSA) is 40.6 Å². The molecule has 0 aliphatic carbocycles. The maximum atomic E-state index is 11.5. The number of halogens is 1. The molecule has 1 aliphatic rings. The summed E-state index contributed by atoms with van der Waals surface area (Å²) in [5, 5.41) is 0. The predicted molar refractivity (Wildman–Crippen MR) is 56.4 cm³/mol. The van der Waals surface area contributed by atoms with Crippen LogP contribution in [0.2, 0.25) is 0 Å². The Morgan fingerprint density at radius 2 is 1.92 bits per heavy atom. The van der Waals surface area contributed by atoms with Crippen molar-refractivity contribution in [2.45, 2.75) is 6.42 Å². The molecule has 0 saturated carbocycles. The molecular formula is C7H15BrN2O2S. The fraction of sp³-hybridized carbons (Fsp3) is 1.00. The molecule has 0 atom stereocenters. The lowest BCUT2D eigenvalue weighted by atomic mass is 10.4. The van der Waals surface area contributed by atoms with E-state index < -0.39 is 10.0 Å². The van der Waals surface area contributed by atoms with E-state index in [0.29, 0.717) is 13.1 Å². The number of sulfonamides is 1. The monoisotopic (exact) mass is 270 g/mol. The SMILES string of the molecule is CN1CCCN(S(=O)(=O)CBr)CC1. The van der Waals surface area contributed by atoms with Crippen molar-refractivity contribution in [3.05, 3.63) is 0 Å². The molecule has 0 N–H and O–H groups in total. The van der Waals surface area contributed by atoms with Crippen molar-refractivity contribution in [1.82, 2.24) is 9.21 Å². The highest BCUT2D eigenvalue weighted by Crippen LogP contribution is 2.09. The number of nitrogens with zero attached hydrogens (tertiary/aromatic N) is 2. The molecule has 0 bridgehead atoms. The van der Waals surface area contributed by atoms with Crippen LogP contribution in [0, 0.1) is 0 Å². The lowest BCUT2D eigenvalue weighted by Gasteiger charge is -2.18. The first-order valence-electron chi connectivity index (χ1n) is 4.28. The second kappa shape index (κ2) is 4.72. The Kier molecular flexibility index (Phi) is 4.15. The molecule has 1 heterocycles. The second-order valence-corrected chi connectivity index (χ2v) is 6.55. The zero-order valence-electron chi connectivity index (χ0n) is 7.74. The highest BCUT2D eigenvalue weighted by Gasteiger charge is 2.22. The summed E-state index contributed by atoms with van der Waals surface area (Å²) in [6, 6.07) is 0. The molecular weight excluding hydrogens is 256 g/mol. The normalized spacial score (nSPS) is 22.9. The Hall–Kier alpha value is 0.350. The summed E-state index contributed by atoms with van der Waals surface area (Å²) in [5.41, 5.74) is 0. The molecule has 78 valence electrons. The van der Waals surface area contributed by atoms with Crippen molar-refractivity contribution < 1.29 is 8.42 Å². The van der Waals surface area contributed by atoms with E-state index in [1.807, 2.05) is 7.05 Å². The third-order valence-corrected chi connectivity index (χ3v) is 5.37. The van der Waals surface area contributed by atoms with Crippen molar-refractivity contribution >= 4 is 26.0 Å². The molecule has 0 aromatic carbocycles. The Labute approximate surface area is 88.1 Å². The summed E-state index contributed by atoms with van der Waals surface area (Å²) in [6.07, 6.45) is 0.919. The van der Waals surface area contributed by atoms with Gasteiger partial charge in [-0.05, 0) is 20.0 Å². The van der Waals surface area contributed by atoms with Gasteiger partial charge in [-0.2, -0.15) is 4.31 Å². The first kappa shape index (κ1) is 11.4. The van der Waals surface area contributed by atoms with Gasteiger partial charge in [0, 0.05) is 19.6 Å². The second-order valence-electron chi connectivity index (χ2n) is 3.28. The first-order chi connectivity index (χ1) is 6.06. The quantitative estimate of drug-likeness (QED) is 0.679.